The third-order valence-corrected chi connectivity index (χ3v) is 5.62. The number of nitrogens with one attached hydrogen (secondary N) is 1. The fourth-order valence-corrected chi connectivity index (χ4v) is 3.65. The quantitative estimate of drug-likeness (QED) is 0.544. The summed E-state index contributed by atoms with van der Waals surface area (Å²) in [7, 11) is 0. The number of thioether (sulfide) groups is 1. The molecule has 2 heterocycles. The Hall–Kier alpha value is -2.75. The fourth-order valence-electron chi connectivity index (χ4n) is 2.79. The molecule has 9 nitrogen and oxygen atoms in total. The van der Waals surface area contributed by atoms with Crippen LogP contribution in [0.15, 0.2) is 29.4 Å². The van der Waals surface area contributed by atoms with Crippen LogP contribution in [-0.4, -0.2) is 50.1 Å². The van der Waals surface area contributed by atoms with Crippen molar-refractivity contribution in [3.63, 3.8) is 0 Å². The molecule has 156 valence electrons. The highest BCUT2D eigenvalue weighted by Crippen LogP contribution is 2.25. The topological polar surface area (TPSA) is 115 Å². The van der Waals surface area contributed by atoms with Crippen LogP contribution in [0.4, 0.5) is 4.79 Å². The summed E-state index contributed by atoms with van der Waals surface area (Å²) in [5.74, 6) is 6.92. The zero-order chi connectivity index (χ0) is 21.2. The molecule has 1 aliphatic heterocycles. The third-order valence-electron chi connectivity index (χ3n) is 4.58. The first-order valence-corrected chi connectivity index (χ1v) is 10.2. The molecule has 0 saturated carbocycles. The maximum absolute atomic E-state index is 12.4. The molecule has 29 heavy (non-hydrogen) atoms. The Morgan fingerprint density at radius 2 is 2.00 bits per heavy atom. The van der Waals surface area contributed by atoms with Gasteiger partial charge < -0.3 is 15.9 Å². The van der Waals surface area contributed by atoms with E-state index in [1.807, 2.05) is 24.3 Å². The van der Waals surface area contributed by atoms with Crippen molar-refractivity contribution in [1.29, 1.82) is 0 Å². The van der Waals surface area contributed by atoms with Gasteiger partial charge in [0.1, 0.15) is 12.4 Å². The smallest absolute Gasteiger partial charge is 0.324 e. The Balaban J connectivity index is 1.59. The fraction of sp³-hybridized carbons (Fsp3) is 0.474. The van der Waals surface area contributed by atoms with Crippen molar-refractivity contribution in [2.24, 2.45) is 0 Å². The van der Waals surface area contributed by atoms with Crippen LogP contribution in [0.2, 0.25) is 0 Å². The van der Waals surface area contributed by atoms with Crippen LogP contribution in [0.3, 0.4) is 0 Å². The van der Waals surface area contributed by atoms with E-state index in [4.69, 9.17) is 10.6 Å². The van der Waals surface area contributed by atoms with Gasteiger partial charge in [0.05, 0.1) is 5.25 Å². The van der Waals surface area contributed by atoms with Crippen LogP contribution in [0.25, 0.3) is 0 Å². The number of imide groups is 1. The second-order valence-corrected chi connectivity index (χ2v) is 9.12. The molecule has 1 aromatic heterocycles. The number of carbonyl (C=O) groups is 2. The van der Waals surface area contributed by atoms with Crippen molar-refractivity contribution in [3.8, 4) is 5.75 Å². The molecule has 0 radical (unpaired) electrons. The van der Waals surface area contributed by atoms with Crippen molar-refractivity contribution in [1.82, 2.24) is 25.1 Å². The van der Waals surface area contributed by atoms with E-state index in [1.165, 1.54) is 15.1 Å². The van der Waals surface area contributed by atoms with E-state index in [0.29, 0.717) is 29.8 Å². The van der Waals surface area contributed by atoms with Crippen LogP contribution in [0.1, 0.15) is 39.1 Å². The molecule has 0 bridgehead atoms. The number of carbonyl (C=O) groups excluding carboxylic acids is 2. The lowest BCUT2D eigenvalue weighted by molar-refractivity contribution is -0.126. The highest BCUT2D eigenvalue weighted by atomic mass is 32.2. The number of hydrogen-bond acceptors (Lipinski definition) is 7. The first-order chi connectivity index (χ1) is 13.7. The molecule has 2 aromatic rings. The summed E-state index contributed by atoms with van der Waals surface area (Å²) in [5, 5.41) is 10.6. The third kappa shape index (κ3) is 4.81. The molecule has 1 aromatic carbocycles. The van der Waals surface area contributed by atoms with Crippen LogP contribution in [0.5, 0.6) is 5.75 Å². The molecule has 1 atom stereocenters. The van der Waals surface area contributed by atoms with Crippen LogP contribution in [0, 0.1) is 0 Å². The first kappa shape index (κ1) is 21.0. The predicted molar refractivity (Wildman–Crippen MR) is 110 cm³/mol. The molecule has 3 N–H and O–H groups in total. The maximum Gasteiger partial charge on any atom is 0.324 e. The number of nitrogens with two attached hydrogens (primary N) is 1. The number of benzene rings is 1. The van der Waals surface area contributed by atoms with E-state index in [0.717, 1.165) is 11.8 Å². The van der Waals surface area contributed by atoms with Crippen LogP contribution in [-0.2, 0) is 16.8 Å². The molecule has 1 fully saturated rings. The van der Waals surface area contributed by atoms with Gasteiger partial charge in [-0.1, -0.05) is 44.7 Å². The predicted octanol–water partition coefficient (Wildman–Crippen LogP) is 1.90. The van der Waals surface area contributed by atoms with Crippen molar-refractivity contribution >= 4 is 23.7 Å². The normalized spacial score (nSPS) is 15.3. The monoisotopic (exact) mass is 418 g/mol. The highest BCUT2D eigenvalue weighted by molar-refractivity contribution is 8.00. The van der Waals surface area contributed by atoms with E-state index in [1.54, 1.807) is 6.92 Å². The van der Waals surface area contributed by atoms with Crippen molar-refractivity contribution in [2.75, 3.05) is 18.9 Å². The molecule has 3 rings (SSSR count). The van der Waals surface area contributed by atoms with Gasteiger partial charge in [0.2, 0.25) is 11.1 Å². The zero-order valence-corrected chi connectivity index (χ0v) is 17.8. The summed E-state index contributed by atoms with van der Waals surface area (Å²) >= 11 is 1.15. The lowest BCUT2D eigenvalue weighted by Gasteiger charge is -2.19. The number of amides is 3. The largest absolute Gasteiger partial charge is 0.486 e. The second-order valence-electron chi connectivity index (χ2n) is 7.81. The van der Waals surface area contributed by atoms with Gasteiger partial charge in [-0.25, -0.2) is 9.47 Å². The summed E-state index contributed by atoms with van der Waals surface area (Å²) < 4.78 is 7.07. The van der Waals surface area contributed by atoms with Gasteiger partial charge in [-0.3, -0.25) is 9.69 Å². The Labute approximate surface area is 174 Å². The Kier molecular flexibility index (Phi) is 6.02. The van der Waals surface area contributed by atoms with E-state index in [2.05, 4.69) is 36.3 Å². The molecular weight excluding hydrogens is 392 g/mol. The number of rotatable bonds is 6. The number of ether oxygens (including phenoxy) is 1. The van der Waals surface area contributed by atoms with Gasteiger partial charge in [0.25, 0.3) is 0 Å². The average molecular weight is 419 g/mol. The number of aromatic nitrogens is 3. The van der Waals surface area contributed by atoms with E-state index in [-0.39, 0.29) is 24.0 Å². The minimum atomic E-state index is -0.524. The highest BCUT2D eigenvalue weighted by Gasteiger charge is 2.31. The minimum Gasteiger partial charge on any atom is -0.486 e. The maximum atomic E-state index is 12.4. The van der Waals surface area contributed by atoms with E-state index < -0.39 is 5.25 Å². The molecule has 1 unspecified atom stereocenters. The SMILES string of the molecule is CC(Sc1nnc(COc2ccc(C(C)(C)C)cc2)n1N)C(=O)N1CCNC1=O. The van der Waals surface area contributed by atoms with Gasteiger partial charge >= 0.3 is 6.03 Å². The van der Waals surface area contributed by atoms with Gasteiger partial charge in [0.15, 0.2) is 5.82 Å². The van der Waals surface area contributed by atoms with Crippen LogP contribution < -0.4 is 15.9 Å². The number of urea groups is 1. The Bertz CT molecular complexity index is 890. The molecule has 1 saturated heterocycles. The first-order valence-electron chi connectivity index (χ1n) is 9.35. The second kappa shape index (κ2) is 8.32. The van der Waals surface area contributed by atoms with Crippen molar-refractivity contribution in [2.45, 2.75) is 50.1 Å². The standard InChI is InChI=1S/C19H26N6O3S/c1-12(16(26)24-10-9-21-17(24)27)29-18-23-22-15(25(18)20)11-28-14-7-5-13(6-8-14)19(2,3)4/h5-8,12H,9-11,20H2,1-4H3,(H,21,27). The number of hydrogen-bond donors (Lipinski definition) is 2. The number of nitrogens with zero attached hydrogens (tertiary/aromatic N) is 4. The van der Waals surface area contributed by atoms with Gasteiger partial charge in [-0.05, 0) is 30.0 Å². The van der Waals surface area contributed by atoms with Gasteiger partial charge in [-0.2, -0.15) is 0 Å². The molecule has 0 spiro atoms. The summed E-state index contributed by atoms with van der Waals surface area (Å²) in [6.45, 7) is 9.15. The Morgan fingerprint density at radius 1 is 1.31 bits per heavy atom. The summed E-state index contributed by atoms with van der Waals surface area (Å²) in [4.78, 5) is 25.3. The molecule has 10 heteroatoms. The molecule has 3 amide bonds. The van der Waals surface area contributed by atoms with E-state index in [9.17, 15) is 9.59 Å². The lowest BCUT2D eigenvalue weighted by Crippen LogP contribution is -2.39. The average Bonchev–Trinajstić information content (AvgIpc) is 3.25. The summed E-state index contributed by atoms with van der Waals surface area (Å²) in [5.41, 5.74) is 1.29. The minimum absolute atomic E-state index is 0.0754. The number of nitrogen functional groups attached to an aromatic ring is 1. The summed E-state index contributed by atoms with van der Waals surface area (Å²) in [6.07, 6.45) is 0. The van der Waals surface area contributed by atoms with Crippen LogP contribution >= 0.6 is 11.8 Å². The van der Waals surface area contributed by atoms with Crippen molar-refractivity contribution in [3.05, 3.63) is 35.7 Å². The van der Waals surface area contributed by atoms with E-state index >= 15 is 0 Å². The Morgan fingerprint density at radius 3 is 2.59 bits per heavy atom. The van der Waals surface area contributed by atoms with Gasteiger partial charge in [-0.15, -0.1) is 10.2 Å². The zero-order valence-electron chi connectivity index (χ0n) is 17.0. The molecule has 1 aliphatic rings. The van der Waals surface area contributed by atoms with Gasteiger partial charge in [0, 0.05) is 13.1 Å². The summed E-state index contributed by atoms with van der Waals surface area (Å²) in [6, 6.07) is 7.52. The lowest BCUT2D eigenvalue weighted by atomic mass is 9.87. The molecule has 0 aliphatic carbocycles. The molecular formula is C19H26N6O3S. The van der Waals surface area contributed by atoms with Crippen molar-refractivity contribution < 1.29 is 14.3 Å².